The second-order valence-corrected chi connectivity index (χ2v) is 4.29. The fourth-order valence-electron chi connectivity index (χ4n) is 1.73. The van der Waals surface area contributed by atoms with Gasteiger partial charge in [-0.25, -0.2) is 0 Å². The highest BCUT2D eigenvalue weighted by atomic mass is 16.1. The molecule has 1 aromatic carbocycles. The van der Waals surface area contributed by atoms with Gasteiger partial charge < -0.3 is 5.73 Å². The van der Waals surface area contributed by atoms with Crippen LogP contribution in [0.15, 0.2) is 30.3 Å². The predicted octanol–water partition coefficient (Wildman–Crippen LogP) is 3.31. The van der Waals surface area contributed by atoms with Crippen LogP contribution in [-0.2, 0) is 11.2 Å². The van der Waals surface area contributed by atoms with Crippen LogP contribution in [-0.4, -0.2) is 5.91 Å². The molecule has 1 aromatic rings. The molecule has 0 aliphatic carbocycles. The summed E-state index contributed by atoms with van der Waals surface area (Å²) < 4.78 is 0. The first kappa shape index (κ1) is 13.5. The minimum atomic E-state index is -0.409. The van der Waals surface area contributed by atoms with E-state index in [1.165, 1.54) is 37.3 Å². The topological polar surface area (TPSA) is 43.1 Å². The third-order valence-corrected chi connectivity index (χ3v) is 2.74. The van der Waals surface area contributed by atoms with Crippen LogP contribution in [0.1, 0.15) is 43.7 Å². The smallest absolute Gasteiger partial charge is 0.241 e. The van der Waals surface area contributed by atoms with Crippen molar-refractivity contribution >= 4 is 12.0 Å². The number of carbonyl (C=O) groups excluding carboxylic acids is 1. The summed E-state index contributed by atoms with van der Waals surface area (Å²) in [6.07, 6.45) is 9.42. The van der Waals surface area contributed by atoms with Crippen molar-refractivity contribution in [3.8, 4) is 0 Å². The Morgan fingerprint density at radius 2 is 1.88 bits per heavy atom. The number of benzene rings is 1. The van der Waals surface area contributed by atoms with Crippen molar-refractivity contribution < 1.29 is 4.79 Å². The minimum absolute atomic E-state index is 0.409. The van der Waals surface area contributed by atoms with E-state index in [1.54, 1.807) is 6.08 Å². The third kappa shape index (κ3) is 5.91. The molecule has 0 bridgehead atoms. The predicted molar refractivity (Wildman–Crippen MR) is 72.5 cm³/mol. The summed E-state index contributed by atoms with van der Waals surface area (Å²) in [6.45, 7) is 2.22. The molecule has 92 valence electrons. The van der Waals surface area contributed by atoms with Gasteiger partial charge in [-0.05, 0) is 30.0 Å². The molecule has 0 aliphatic rings. The zero-order valence-electron chi connectivity index (χ0n) is 10.5. The van der Waals surface area contributed by atoms with Gasteiger partial charge in [-0.2, -0.15) is 0 Å². The van der Waals surface area contributed by atoms with E-state index < -0.39 is 5.91 Å². The number of hydrogen-bond acceptors (Lipinski definition) is 1. The van der Waals surface area contributed by atoms with E-state index >= 15 is 0 Å². The summed E-state index contributed by atoms with van der Waals surface area (Å²) in [5, 5.41) is 0. The first-order chi connectivity index (χ1) is 8.22. The molecular weight excluding hydrogens is 210 g/mol. The second-order valence-electron chi connectivity index (χ2n) is 4.29. The van der Waals surface area contributed by atoms with Crippen LogP contribution in [0.2, 0.25) is 0 Å². The lowest BCUT2D eigenvalue weighted by atomic mass is 10.0. The van der Waals surface area contributed by atoms with E-state index in [4.69, 9.17) is 5.73 Å². The average molecular weight is 231 g/mol. The first-order valence-corrected chi connectivity index (χ1v) is 6.29. The van der Waals surface area contributed by atoms with Gasteiger partial charge in [0.05, 0.1) is 0 Å². The van der Waals surface area contributed by atoms with Crippen LogP contribution in [0.3, 0.4) is 0 Å². The van der Waals surface area contributed by atoms with Crippen LogP contribution >= 0.6 is 0 Å². The molecule has 17 heavy (non-hydrogen) atoms. The van der Waals surface area contributed by atoms with Crippen molar-refractivity contribution in [2.45, 2.75) is 39.0 Å². The Hall–Kier alpha value is -1.57. The number of amides is 1. The molecule has 0 fully saturated rings. The molecule has 0 saturated heterocycles. The van der Waals surface area contributed by atoms with E-state index in [0.717, 1.165) is 12.0 Å². The van der Waals surface area contributed by atoms with Gasteiger partial charge in [0.25, 0.3) is 0 Å². The third-order valence-electron chi connectivity index (χ3n) is 2.74. The van der Waals surface area contributed by atoms with Crippen molar-refractivity contribution in [3.63, 3.8) is 0 Å². The SMILES string of the molecule is CCCCCCc1ccc(C=CC(N)=O)cc1. The van der Waals surface area contributed by atoms with Gasteiger partial charge in [-0.1, -0.05) is 50.5 Å². The molecule has 0 heterocycles. The Bertz CT molecular complexity index is 365. The molecule has 0 aromatic heterocycles. The van der Waals surface area contributed by atoms with Crippen molar-refractivity contribution in [3.05, 3.63) is 41.5 Å². The van der Waals surface area contributed by atoms with Gasteiger partial charge in [0, 0.05) is 6.08 Å². The summed E-state index contributed by atoms with van der Waals surface area (Å²) >= 11 is 0. The largest absolute Gasteiger partial charge is 0.366 e. The quantitative estimate of drug-likeness (QED) is 0.568. The van der Waals surface area contributed by atoms with Gasteiger partial charge in [0.1, 0.15) is 0 Å². The number of aryl methyl sites for hydroxylation is 1. The Morgan fingerprint density at radius 3 is 2.47 bits per heavy atom. The Balaban J connectivity index is 2.42. The molecule has 0 unspecified atom stereocenters. The summed E-state index contributed by atoms with van der Waals surface area (Å²) in [5.74, 6) is -0.409. The Labute approximate surface area is 104 Å². The van der Waals surface area contributed by atoms with E-state index in [-0.39, 0.29) is 0 Å². The lowest BCUT2D eigenvalue weighted by Crippen LogP contribution is -2.05. The maximum atomic E-state index is 10.6. The van der Waals surface area contributed by atoms with Crippen molar-refractivity contribution in [1.82, 2.24) is 0 Å². The van der Waals surface area contributed by atoms with Gasteiger partial charge in [-0.15, -0.1) is 0 Å². The van der Waals surface area contributed by atoms with Gasteiger partial charge in [-0.3, -0.25) is 4.79 Å². The van der Waals surface area contributed by atoms with E-state index in [1.807, 2.05) is 12.1 Å². The lowest BCUT2D eigenvalue weighted by molar-refractivity contribution is -0.113. The molecule has 0 spiro atoms. The molecule has 2 heteroatoms. The minimum Gasteiger partial charge on any atom is -0.366 e. The summed E-state index contributed by atoms with van der Waals surface area (Å²) in [4.78, 5) is 10.6. The van der Waals surface area contributed by atoms with Crippen LogP contribution in [0, 0.1) is 0 Å². The zero-order chi connectivity index (χ0) is 12.5. The van der Waals surface area contributed by atoms with E-state index in [0.29, 0.717) is 0 Å². The summed E-state index contributed by atoms with van der Waals surface area (Å²) in [6, 6.07) is 8.28. The number of primary amides is 1. The molecule has 0 saturated carbocycles. The van der Waals surface area contributed by atoms with Crippen LogP contribution in [0.5, 0.6) is 0 Å². The molecular formula is C15H21NO. The van der Waals surface area contributed by atoms with Crippen molar-refractivity contribution in [2.24, 2.45) is 5.73 Å². The molecule has 0 aliphatic heterocycles. The Morgan fingerprint density at radius 1 is 1.18 bits per heavy atom. The molecule has 1 rings (SSSR count). The van der Waals surface area contributed by atoms with Crippen molar-refractivity contribution in [2.75, 3.05) is 0 Å². The van der Waals surface area contributed by atoms with Gasteiger partial charge >= 0.3 is 0 Å². The maximum absolute atomic E-state index is 10.6. The molecule has 0 atom stereocenters. The van der Waals surface area contributed by atoms with E-state index in [9.17, 15) is 4.79 Å². The van der Waals surface area contributed by atoms with Gasteiger partial charge in [0.2, 0.25) is 5.91 Å². The average Bonchev–Trinajstić information content (AvgIpc) is 2.33. The normalized spacial score (nSPS) is 10.9. The number of hydrogen-bond donors (Lipinski definition) is 1. The van der Waals surface area contributed by atoms with Crippen LogP contribution < -0.4 is 5.73 Å². The maximum Gasteiger partial charge on any atom is 0.241 e. The molecule has 0 radical (unpaired) electrons. The fraction of sp³-hybridized carbons (Fsp3) is 0.400. The van der Waals surface area contributed by atoms with Crippen LogP contribution in [0.4, 0.5) is 0 Å². The molecule has 1 amide bonds. The number of nitrogens with two attached hydrogens (primary N) is 1. The first-order valence-electron chi connectivity index (χ1n) is 6.29. The lowest BCUT2D eigenvalue weighted by Gasteiger charge is -2.01. The fourth-order valence-corrected chi connectivity index (χ4v) is 1.73. The molecule has 2 N–H and O–H groups in total. The highest BCUT2D eigenvalue weighted by molar-refractivity contribution is 5.90. The second kappa shape index (κ2) is 7.66. The van der Waals surface area contributed by atoms with Crippen molar-refractivity contribution in [1.29, 1.82) is 0 Å². The van der Waals surface area contributed by atoms with Gasteiger partial charge in [0.15, 0.2) is 0 Å². The Kier molecular flexibility index (Phi) is 6.08. The highest BCUT2D eigenvalue weighted by Crippen LogP contribution is 2.10. The summed E-state index contributed by atoms with van der Waals surface area (Å²) in [5.41, 5.74) is 7.41. The molecule has 2 nitrogen and oxygen atoms in total. The standard InChI is InChI=1S/C15H21NO/c1-2-3-4-5-6-13-7-9-14(10-8-13)11-12-15(16)17/h7-12H,2-6H2,1H3,(H2,16,17). The van der Waals surface area contributed by atoms with Crippen LogP contribution in [0.25, 0.3) is 6.08 Å². The zero-order valence-corrected chi connectivity index (χ0v) is 10.5. The number of unbranched alkanes of at least 4 members (excludes halogenated alkanes) is 3. The highest BCUT2D eigenvalue weighted by Gasteiger charge is 1.94. The summed E-state index contributed by atoms with van der Waals surface area (Å²) in [7, 11) is 0. The monoisotopic (exact) mass is 231 g/mol. The van der Waals surface area contributed by atoms with E-state index in [2.05, 4.69) is 19.1 Å². The number of carbonyl (C=O) groups is 1. The number of rotatable bonds is 7.